The Morgan fingerprint density at radius 2 is 1.78 bits per heavy atom. The lowest BCUT2D eigenvalue weighted by molar-refractivity contribution is 0.459. The number of nitrogens with zero attached hydrogens (tertiary/aromatic N) is 1. The zero-order valence-electron chi connectivity index (χ0n) is 10.1. The minimum absolute atomic E-state index is 0.00736. The van der Waals surface area contributed by atoms with Gasteiger partial charge in [-0.15, -0.1) is 0 Å². The molecule has 0 saturated heterocycles. The van der Waals surface area contributed by atoms with Gasteiger partial charge >= 0.3 is 0 Å². The summed E-state index contributed by atoms with van der Waals surface area (Å²) in [5.74, 6) is 0.221. The maximum atomic E-state index is 9.62. The number of aliphatic imine (C=N–C) groups is 1. The third kappa shape index (κ3) is 2.88. The van der Waals surface area contributed by atoms with Gasteiger partial charge in [-0.25, -0.2) is 0 Å². The van der Waals surface area contributed by atoms with Crippen molar-refractivity contribution in [2.45, 2.75) is 13.0 Å². The minimum Gasteiger partial charge on any atom is -0.508 e. The Hall–Kier alpha value is -2.29. The fourth-order valence-electron chi connectivity index (χ4n) is 1.66. The SMILES string of the molecule is C[C@H](N=Cc1cc(O)ccc1O)c1ccccc1. The van der Waals surface area contributed by atoms with Crippen molar-refractivity contribution in [2.75, 3.05) is 0 Å². The van der Waals surface area contributed by atoms with E-state index in [1.807, 2.05) is 37.3 Å². The van der Waals surface area contributed by atoms with E-state index in [-0.39, 0.29) is 17.5 Å². The lowest BCUT2D eigenvalue weighted by Crippen LogP contribution is -1.91. The van der Waals surface area contributed by atoms with Gasteiger partial charge in [0.1, 0.15) is 11.5 Å². The van der Waals surface area contributed by atoms with Crippen molar-refractivity contribution in [2.24, 2.45) is 4.99 Å². The molecule has 0 unspecified atom stereocenters. The van der Waals surface area contributed by atoms with Crippen molar-refractivity contribution in [1.29, 1.82) is 0 Å². The lowest BCUT2D eigenvalue weighted by Gasteiger charge is -2.06. The number of phenolic OH excluding ortho intramolecular Hbond substituents is 2. The Kier molecular flexibility index (Phi) is 3.63. The quantitative estimate of drug-likeness (QED) is 0.640. The van der Waals surface area contributed by atoms with Crippen LogP contribution in [0.25, 0.3) is 0 Å². The third-order valence-electron chi connectivity index (χ3n) is 2.73. The Morgan fingerprint density at radius 3 is 2.50 bits per heavy atom. The number of hydrogen-bond donors (Lipinski definition) is 2. The predicted molar refractivity (Wildman–Crippen MR) is 72.2 cm³/mol. The Labute approximate surface area is 106 Å². The molecule has 0 aliphatic heterocycles. The van der Waals surface area contributed by atoms with Crippen LogP contribution in [-0.4, -0.2) is 16.4 Å². The van der Waals surface area contributed by atoms with Gasteiger partial charge in [0.2, 0.25) is 0 Å². The van der Waals surface area contributed by atoms with Gasteiger partial charge in [-0.3, -0.25) is 4.99 Å². The van der Waals surface area contributed by atoms with Gasteiger partial charge in [-0.05, 0) is 30.7 Å². The molecular weight excluding hydrogens is 226 g/mol. The summed E-state index contributed by atoms with van der Waals surface area (Å²) in [6.07, 6.45) is 1.58. The molecule has 0 radical (unpaired) electrons. The molecule has 2 aromatic carbocycles. The molecule has 1 atom stereocenters. The van der Waals surface area contributed by atoms with Crippen LogP contribution in [0, 0.1) is 0 Å². The van der Waals surface area contributed by atoms with Crippen LogP contribution in [0.15, 0.2) is 53.5 Å². The van der Waals surface area contributed by atoms with E-state index in [1.54, 1.807) is 6.21 Å². The van der Waals surface area contributed by atoms with E-state index in [1.165, 1.54) is 18.2 Å². The van der Waals surface area contributed by atoms with Crippen LogP contribution in [0.4, 0.5) is 0 Å². The van der Waals surface area contributed by atoms with Gasteiger partial charge in [-0.2, -0.15) is 0 Å². The first kappa shape index (κ1) is 12.2. The second-order valence-electron chi connectivity index (χ2n) is 4.11. The van der Waals surface area contributed by atoms with E-state index in [0.717, 1.165) is 5.56 Å². The predicted octanol–water partition coefficient (Wildman–Crippen LogP) is 3.28. The summed E-state index contributed by atoms with van der Waals surface area (Å²) in [6, 6.07) is 14.3. The number of rotatable bonds is 3. The number of aromatic hydroxyl groups is 2. The zero-order chi connectivity index (χ0) is 13.0. The summed E-state index contributed by atoms with van der Waals surface area (Å²) in [5, 5.41) is 19.0. The van der Waals surface area contributed by atoms with E-state index in [4.69, 9.17) is 0 Å². The highest BCUT2D eigenvalue weighted by Crippen LogP contribution is 2.22. The van der Waals surface area contributed by atoms with E-state index in [0.29, 0.717) is 5.56 Å². The standard InChI is InChI=1S/C15H15NO2/c1-11(12-5-3-2-4-6-12)16-10-13-9-14(17)7-8-15(13)18/h2-11,17-18H,1H3/t11-/m0/s1. The molecule has 0 fully saturated rings. The zero-order valence-corrected chi connectivity index (χ0v) is 10.1. The molecule has 0 heterocycles. The van der Waals surface area contributed by atoms with Crippen molar-refractivity contribution in [3.05, 3.63) is 59.7 Å². The maximum absolute atomic E-state index is 9.62. The molecule has 18 heavy (non-hydrogen) atoms. The second kappa shape index (κ2) is 5.36. The van der Waals surface area contributed by atoms with Gasteiger partial charge < -0.3 is 10.2 Å². The van der Waals surface area contributed by atoms with E-state index in [9.17, 15) is 10.2 Å². The smallest absolute Gasteiger partial charge is 0.124 e. The largest absolute Gasteiger partial charge is 0.508 e. The highest BCUT2D eigenvalue weighted by molar-refractivity contribution is 5.84. The van der Waals surface area contributed by atoms with E-state index < -0.39 is 0 Å². The molecule has 2 rings (SSSR count). The fourth-order valence-corrected chi connectivity index (χ4v) is 1.66. The average molecular weight is 241 g/mol. The van der Waals surface area contributed by atoms with Crippen LogP contribution in [-0.2, 0) is 0 Å². The molecule has 0 amide bonds. The monoisotopic (exact) mass is 241 g/mol. The van der Waals surface area contributed by atoms with Crippen LogP contribution >= 0.6 is 0 Å². The summed E-state index contributed by atoms with van der Waals surface area (Å²) < 4.78 is 0. The van der Waals surface area contributed by atoms with E-state index in [2.05, 4.69) is 4.99 Å². The molecule has 0 aliphatic rings. The van der Waals surface area contributed by atoms with Crippen LogP contribution in [0.5, 0.6) is 11.5 Å². The molecular formula is C15H15NO2. The topological polar surface area (TPSA) is 52.8 Å². The molecule has 2 aromatic rings. The molecule has 3 nitrogen and oxygen atoms in total. The Balaban J connectivity index is 2.18. The third-order valence-corrected chi connectivity index (χ3v) is 2.73. The fraction of sp³-hybridized carbons (Fsp3) is 0.133. The molecule has 0 aliphatic carbocycles. The molecule has 0 spiro atoms. The molecule has 0 aromatic heterocycles. The van der Waals surface area contributed by atoms with Gasteiger partial charge in [-0.1, -0.05) is 30.3 Å². The summed E-state index contributed by atoms with van der Waals surface area (Å²) in [7, 11) is 0. The highest BCUT2D eigenvalue weighted by atomic mass is 16.3. The summed E-state index contributed by atoms with van der Waals surface area (Å²) in [4.78, 5) is 4.37. The number of hydrogen-bond acceptors (Lipinski definition) is 3. The lowest BCUT2D eigenvalue weighted by atomic mass is 10.1. The van der Waals surface area contributed by atoms with Crippen LogP contribution in [0.2, 0.25) is 0 Å². The molecule has 92 valence electrons. The highest BCUT2D eigenvalue weighted by Gasteiger charge is 2.03. The second-order valence-corrected chi connectivity index (χ2v) is 4.11. The van der Waals surface area contributed by atoms with Gasteiger partial charge in [0.15, 0.2) is 0 Å². The Bertz CT molecular complexity index is 550. The van der Waals surface area contributed by atoms with Crippen molar-refractivity contribution >= 4 is 6.21 Å². The van der Waals surface area contributed by atoms with Crippen molar-refractivity contribution < 1.29 is 10.2 Å². The van der Waals surface area contributed by atoms with E-state index >= 15 is 0 Å². The van der Waals surface area contributed by atoms with Crippen LogP contribution < -0.4 is 0 Å². The van der Waals surface area contributed by atoms with Crippen molar-refractivity contribution in [3.8, 4) is 11.5 Å². The normalized spacial score (nSPS) is 12.7. The van der Waals surface area contributed by atoms with Gasteiger partial charge in [0.25, 0.3) is 0 Å². The summed E-state index contributed by atoms with van der Waals surface area (Å²) >= 11 is 0. The molecule has 3 heteroatoms. The molecule has 2 N–H and O–H groups in total. The maximum Gasteiger partial charge on any atom is 0.124 e. The molecule has 0 saturated carbocycles. The van der Waals surface area contributed by atoms with Crippen LogP contribution in [0.3, 0.4) is 0 Å². The van der Waals surface area contributed by atoms with Gasteiger partial charge in [0.05, 0.1) is 6.04 Å². The van der Waals surface area contributed by atoms with Crippen molar-refractivity contribution in [3.63, 3.8) is 0 Å². The van der Waals surface area contributed by atoms with Crippen molar-refractivity contribution in [1.82, 2.24) is 0 Å². The van der Waals surface area contributed by atoms with Gasteiger partial charge in [0, 0.05) is 11.8 Å². The number of benzene rings is 2. The first-order chi connectivity index (χ1) is 8.66. The minimum atomic E-state index is 0.00736. The average Bonchev–Trinajstić information content (AvgIpc) is 2.40. The Morgan fingerprint density at radius 1 is 1.06 bits per heavy atom. The van der Waals surface area contributed by atoms with Crippen LogP contribution in [0.1, 0.15) is 24.1 Å². The number of phenols is 2. The summed E-state index contributed by atoms with van der Waals surface area (Å²) in [6.45, 7) is 1.98. The summed E-state index contributed by atoms with van der Waals surface area (Å²) in [5.41, 5.74) is 1.62. The first-order valence-corrected chi connectivity index (χ1v) is 5.77. The molecule has 0 bridgehead atoms. The first-order valence-electron chi connectivity index (χ1n) is 5.77.